The van der Waals surface area contributed by atoms with Crippen LogP contribution in [0, 0.1) is 0 Å². The Morgan fingerprint density at radius 2 is 1.96 bits per heavy atom. The quantitative estimate of drug-likeness (QED) is 0.729. The molecule has 4 heterocycles. The highest BCUT2D eigenvalue weighted by atomic mass is 16.7. The summed E-state index contributed by atoms with van der Waals surface area (Å²) in [5.74, 6) is 0. The van der Waals surface area contributed by atoms with Crippen molar-refractivity contribution in [1.29, 1.82) is 0 Å². The molecule has 3 aromatic rings. The van der Waals surface area contributed by atoms with Gasteiger partial charge in [-0.25, -0.2) is 9.67 Å². The molecule has 7 heteroatoms. The molecule has 28 heavy (non-hydrogen) atoms. The summed E-state index contributed by atoms with van der Waals surface area (Å²) in [4.78, 5) is 14.8. The van der Waals surface area contributed by atoms with Crippen molar-refractivity contribution < 1.29 is 4.84 Å². The van der Waals surface area contributed by atoms with E-state index in [0.29, 0.717) is 0 Å². The van der Waals surface area contributed by atoms with E-state index in [2.05, 4.69) is 27.5 Å². The molecule has 1 fully saturated rings. The second-order valence-corrected chi connectivity index (χ2v) is 7.66. The zero-order chi connectivity index (χ0) is 19.0. The van der Waals surface area contributed by atoms with Gasteiger partial charge in [-0.05, 0) is 44.7 Å². The average Bonchev–Trinajstić information content (AvgIpc) is 3.34. The molecule has 0 radical (unpaired) electrons. The molecular weight excluding hydrogens is 352 g/mol. The summed E-state index contributed by atoms with van der Waals surface area (Å²) in [6.07, 6.45) is 14.1. The van der Waals surface area contributed by atoms with Crippen LogP contribution in [0.15, 0.2) is 42.1 Å². The summed E-state index contributed by atoms with van der Waals surface area (Å²) in [5.41, 5.74) is 4.66. The first-order valence-electron chi connectivity index (χ1n) is 10.0. The first-order valence-corrected chi connectivity index (χ1v) is 10.0. The number of oxime groups is 1. The number of fused-ring (bicyclic) bond motifs is 1. The Kier molecular flexibility index (Phi) is 4.22. The van der Waals surface area contributed by atoms with Crippen LogP contribution >= 0.6 is 0 Å². The second-order valence-electron chi connectivity index (χ2n) is 7.66. The Morgan fingerprint density at radius 3 is 2.75 bits per heavy atom. The SMILES string of the molecule is CCn1ncc2c(Nc3ccncc3)c(C3=NOC4(CCCCC4)C3)cnc21. The third-order valence-corrected chi connectivity index (χ3v) is 5.83. The van der Waals surface area contributed by atoms with Gasteiger partial charge in [-0.3, -0.25) is 4.98 Å². The number of nitrogens with zero attached hydrogens (tertiary/aromatic N) is 5. The molecule has 0 bridgehead atoms. The Labute approximate surface area is 163 Å². The first-order chi connectivity index (χ1) is 13.8. The summed E-state index contributed by atoms with van der Waals surface area (Å²) < 4.78 is 1.91. The van der Waals surface area contributed by atoms with Crippen molar-refractivity contribution in [2.75, 3.05) is 5.32 Å². The molecule has 1 aliphatic heterocycles. The smallest absolute Gasteiger partial charge is 0.159 e. The monoisotopic (exact) mass is 376 g/mol. The molecule has 0 atom stereocenters. The van der Waals surface area contributed by atoms with E-state index in [4.69, 9.17) is 9.82 Å². The summed E-state index contributed by atoms with van der Waals surface area (Å²) in [6, 6.07) is 3.91. The normalized spacial score (nSPS) is 18.2. The number of rotatable bonds is 4. The van der Waals surface area contributed by atoms with Crippen molar-refractivity contribution >= 4 is 28.1 Å². The lowest BCUT2D eigenvalue weighted by Gasteiger charge is -2.30. The zero-order valence-electron chi connectivity index (χ0n) is 16.1. The highest BCUT2D eigenvalue weighted by molar-refractivity contribution is 6.11. The van der Waals surface area contributed by atoms with Crippen LogP contribution in [0.3, 0.4) is 0 Å². The summed E-state index contributed by atoms with van der Waals surface area (Å²) in [6.45, 7) is 2.84. The second kappa shape index (κ2) is 6.89. The summed E-state index contributed by atoms with van der Waals surface area (Å²) in [7, 11) is 0. The number of hydrogen-bond acceptors (Lipinski definition) is 6. The number of aromatic nitrogens is 4. The Morgan fingerprint density at radius 1 is 1.14 bits per heavy atom. The van der Waals surface area contributed by atoms with Crippen molar-refractivity contribution in [3.63, 3.8) is 0 Å². The number of hydrogen-bond donors (Lipinski definition) is 1. The average molecular weight is 376 g/mol. The number of anilines is 2. The van der Waals surface area contributed by atoms with Crippen LogP contribution in [0.1, 0.15) is 51.0 Å². The van der Waals surface area contributed by atoms with Crippen LogP contribution in [0.25, 0.3) is 11.0 Å². The molecule has 3 aromatic heterocycles. The highest BCUT2D eigenvalue weighted by Crippen LogP contribution is 2.41. The molecule has 5 rings (SSSR count). The number of pyridine rings is 2. The molecule has 2 aliphatic rings. The van der Waals surface area contributed by atoms with Gasteiger partial charge in [0.25, 0.3) is 0 Å². The van der Waals surface area contributed by atoms with Gasteiger partial charge in [0.1, 0.15) is 5.60 Å². The summed E-state index contributed by atoms with van der Waals surface area (Å²) >= 11 is 0. The van der Waals surface area contributed by atoms with E-state index < -0.39 is 0 Å². The van der Waals surface area contributed by atoms with E-state index in [-0.39, 0.29) is 5.60 Å². The van der Waals surface area contributed by atoms with Crippen molar-refractivity contribution in [2.45, 2.75) is 57.6 Å². The predicted octanol–water partition coefficient (Wildman–Crippen LogP) is 4.42. The number of nitrogens with one attached hydrogen (secondary N) is 1. The molecule has 0 amide bonds. The van der Waals surface area contributed by atoms with E-state index in [1.54, 1.807) is 12.4 Å². The third kappa shape index (κ3) is 2.91. The van der Waals surface area contributed by atoms with Gasteiger partial charge in [0.15, 0.2) is 5.65 Å². The van der Waals surface area contributed by atoms with E-state index in [9.17, 15) is 0 Å². The largest absolute Gasteiger partial charge is 0.389 e. The fraction of sp³-hybridized carbons (Fsp3) is 0.429. The van der Waals surface area contributed by atoms with Crippen molar-refractivity contribution in [1.82, 2.24) is 19.7 Å². The summed E-state index contributed by atoms with van der Waals surface area (Å²) in [5, 5.41) is 13.6. The van der Waals surface area contributed by atoms with Gasteiger partial charge in [0.2, 0.25) is 0 Å². The van der Waals surface area contributed by atoms with Crippen LogP contribution < -0.4 is 5.32 Å². The minimum absolute atomic E-state index is 0.121. The maximum absolute atomic E-state index is 5.99. The molecule has 0 aromatic carbocycles. The Balaban J connectivity index is 1.57. The third-order valence-electron chi connectivity index (χ3n) is 5.83. The molecule has 1 N–H and O–H groups in total. The van der Waals surface area contributed by atoms with Gasteiger partial charge in [0, 0.05) is 42.8 Å². The predicted molar refractivity (Wildman–Crippen MR) is 109 cm³/mol. The van der Waals surface area contributed by atoms with Gasteiger partial charge in [-0.2, -0.15) is 5.10 Å². The lowest BCUT2D eigenvalue weighted by Crippen LogP contribution is -2.31. The van der Waals surface area contributed by atoms with Crippen LogP contribution in [-0.2, 0) is 11.4 Å². The molecule has 7 nitrogen and oxygen atoms in total. The van der Waals surface area contributed by atoms with E-state index >= 15 is 0 Å². The Hall–Kier alpha value is -2.96. The van der Waals surface area contributed by atoms with Gasteiger partial charge >= 0.3 is 0 Å². The topological polar surface area (TPSA) is 77.2 Å². The molecular formula is C21H24N6O. The van der Waals surface area contributed by atoms with Crippen LogP contribution in [0.2, 0.25) is 0 Å². The minimum atomic E-state index is -0.121. The first kappa shape index (κ1) is 17.2. The van der Waals surface area contributed by atoms with E-state index in [1.807, 2.05) is 29.2 Å². The lowest BCUT2D eigenvalue weighted by molar-refractivity contribution is -0.0449. The van der Waals surface area contributed by atoms with E-state index in [1.165, 1.54) is 19.3 Å². The molecule has 1 saturated carbocycles. The van der Waals surface area contributed by atoms with Crippen molar-refractivity contribution in [2.24, 2.45) is 5.16 Å². The fourth-order valence-corrected chi connectivity index (χ4v) is 4.32. The maximum atomic E-state index is 5.99. The van der Waals surface area contributed by atoms with Gasteiger partial charge in [0.05, 0.1) is 23.0 Å². The lowest BCUT2D eigenvalue weighted by atomic mass is 9.81. The maximum Gasteiger partial charge on any atom is 0.159 e. The highest BCUT2D eigenvalue weighted by Gasteiger charge is 2.41. The van der Waals surface area contributed by atoms with Crippen LogP contribution in [0.4, 0.5) is 11.4 Å². The van der Waals surface area contributed by atoms with E-state index in [0.717, 1.165) is 59.5 Å². The van der Waals surface area contributed by atoms with Crippen LogP contribution in [-0.4, -0.2) is 31.1 Å². The van der Waals surface area contributed by atoms with Gasteiger partial charge in [-0.15, -0.1) is 0 Å². The molecule has 1 aliphatic carbocycles. The molecule has 1 spiro atoms. The number of aryl methyl sites for hydroxylation is 1. The van der Waals surface area contributed by atoms with Gasteiger partial charge < -0.3 is 10.2 Å². The van der Waals surface area contributed by atoms with Crippen molar-refractivity contribution in [3.8, 4) is 0 Å². The fourth-order valence-electron chi connectivity index (χ4n) is 4.32. The van der Waals surface area contributed by atoms with Crippen molar-refractivity contribution in [3.05, 3.63) is 42.5 Å². The molecule has 0 saturated heterocycles. The molecule has 0 unspecified atom stereocenters. The molecule has 144 valence electrons. The van der Waals surface area contributed by atoms with Gasteiger partial charge in [-0.1, -0.05) is 11.6 Å². The standard InChI is InChI=1S/C21H24N6O/c1-2-27-20-17(14-24-27)19(25-15-6-10-22-11-7-15)16(13-23-20)18-12-21(28-26-18)8-4-3-5-9-21/h6-7,10-11,13-14H,2-5,8-9,12H2,1H3,(H,22,23,25). The van der Waals surface area contributed by atoms with Crippen LogP contribution in [0.5, 0.6) is 0 Å². The zero-order valence-corrected chi connectivity index (χ0v) is 16.1. The minimum Gasteiger partial charge on any atom is -0.389 e. The Bertz CT molecular complexity index is 1020.